The number of carbonyl (C=O) groups is 2. The van der Waals surface area contributed by atoms with Crippen molar-refractivity contribution in [2.45, 2.75) is 38.1 Å². The Bertz CT molecular complexity index is 690. The minimum atomic E-state index is -0.271. The van der Waals surface area contributed by atoms with Crippen LogP contribution in [0.3, 0.4) is 0 Å². The Labute approximate surface area is 166 Å². The fourth-order valence-corrected chi connectivity index (χ4v) is 5.45. The van der Waals surface area contributed by atoms with E-state index in [2.05, 4.69) is 9.80 Å². The first kappa shape index (κ1) is 19.7. The van der Waals surface area contributed by atoms with Crippen LogP contribution in [0.1, 0.15) is 46.7 Å². The average Bonchev–Trinajstić information content (AvgIpc) is 3.23. The van der Waals surface area contributed by atoms with Crippen LogP contribution in [0.2, 0.25) is 0 Å². The van der Waals surface area contributed by atoms with Gasteiger partial charge in [-0.2, -0.15) is 11.8 Å². The van der Waals surface area contributed by atoms with Gasteiger partial charge in [0.1, 0.15) is 0 Å². The summed E-state index contributed by atoms with van der Waals surface area (Å²) in [6.07, 6.45) is 2.90. The average molecular weight is 395 g/mol. The molecule has 26 heavy (non-hydrogen) atoms. The minimum absolute atomic E-state index is 0. The Morgan fingerprint density at radius 3 is 2.77 bits per heavy atom. The summed E-state index contributed by atoms with van der Waals surface area (Å²) >= 11 is 1.95. The number of benzene rings is 1. The molecule has 6 heteroatoms. The van der Waals surface area contributed by atoms with E-state index >= 15 is 0 Å². The summed E-state index contributed by atoms with van der Waals surface area (Å²) in [6, 6.07) is 6.24. The quantitative estimate of drug-likeness (QED) is 0.789. The molecule has 1 aromatic rings. The number of rotatable bonds is 3. The summed E-state index contributed by atoms with van der Waals surface area (Å²) in [5, 5.41) is 0. The van der Waals surface area contributed by atoms with Crippen LogP contribution < -0.4 is 0 Å². The van der Waals surface area contributed by atoms with Crippen LogP contribution in [-0.2, 0) is 4.79 Å². The van der Waals surface area contributed by atoms with Gasteiger partial charge in [0.2, 0.25) is 5.91 Å². The fourth-order valence-electron chi connectivity index (χ4n) is 4.40. The molecule has 0 radical (unpaired) electrons. The fraction of sp³-hybridized carbons (Fsp3) is 0.600. The van der Waals surface area contributed by atoms with Gasteiger partial charge in [-0.1, -0.05) is 17.7 Å². The minimum Gasteiger partial charge on any atom is -0.336 e. The van der Waals surface area contributed by atoms with Crippen molar-refractivity contribution >= 4 is 35.9 Å². The molecule has 4 nitrogen and oxygen atoms in total. The van der Waals surface area contributed by atoms with Crippen molar-refractivity contribution in [1.29, 1.82) is 0 Å². The maximum atomic E-state index is 13.3. The molecule has 0 bridgehead atoms. The Kier molecular flexibility index (Phi) is 6.31. The molecule has 1 amide bonds. The van der Waals surface area contributed by atoms with Crippen LogP contribution in [0.4, 0.5) is 0 Å². The highest BCUT2D eigenvalue weighted by molar-refractivity contribution is 7.99. The van der Waals surface area contributed by atoms with Gasteiger partial charge in [-0.25, -0.2) is 0 Å². The first-order valence-corrected chi connectivity index (χ1v) is 10.5. The molecule has 142 valence electrons. The number of aryl methyl sites for hydroxylation is 1. The zero-order chi connectivity index (χ0) is 17.4. The molecule has 0 N–H and O–H groups in total. The van der Waals surface area contributed by atoms with E-state index in [1.165, 1.54) is 12.8 Å². The van der Waals surface area contributed by atoms with Gasteiger partial charge in [0.25, 0.3) is 0 Å². The normalized spacial score (nSPS) is 25.9. The van der Waals surface area contributed by atoms with Crippen molar-refractivity contribution in [3.63, 3.8) is 0 Å². The lowest BCUT2D eigenvalue weighted by atomic mass is 9.98. The number of Topliss-reactive ketones (excluding diaryl/α,β-unsaturated/α-hetero) is 1. The molecule has 3 aliphatic rings. The van der Waals surface area contributed by atoms with Gasteiger partial charge in [-0.05, 0) is 44.5 Å². The van der Waals surface area contributed by atoms with E-state index in [1.807, 2.05) is 36.9 Å². The number of halogens is 1. The molecule has 2 unspecified atom stereocenters. The predicted octanol–water partition coefficient (Wildman–Crippen LogP) is 3.13. The van der Waals surface area contributed by atoms with Crippen LogP contribution in [-0.4, -0.2) is 65.2 Å². The van der Waals surface area contributed by atoms with Crippen molar-refractivity contribution in [2.75, 3.05) is 37.7 Å². The summed E-state index contributed by atoms with van der Waals surface area (Å²) < 4.78 is 0. The highest BCUT2D eigenvalue weighted by Gasteiger charge is 2.39. The van der Waals surface area contributed by atoms with E-state index in [4.69, 9.17) is 0 Å². The van der Waals surface area contributed by atoms with Crippen LogP contribution in [0.5, 0.6) is 0 Å². The topological polar surface area (TPSA) is 40.6 Å². The van der Waals surface area contributed by atoms with Crippen LogP contribution in [0, 0.1) is 6.92 Å². The van der Waals surface area contributed by atoms with Crippen molar-refractivity contribution in [3.8, 4) is 0 Å². The zero-order valence-corrected chi connectivity index (χ0v) is 16.9. The Morgan fingerprint density at radius 1 is 1.23 bits per heavy atom. The first-order valence-electron chi connectivity index (χ1n) is 9.38. The second-order valence-electron chi connectivity index (χ2n) is 7.54. The van der Waals surface area contributed by atoms with Crippen molar-refractivity contribution in [1.82, 2.24) is 9.80 Å². The lowest BCUT2D eigenvalue weighted by Gasteiger charge is -2.39. The smallest absolute Gasteiger partial charge is 0.230 e. The molecule has 2 heterocycles. The Hall–Kier alpha value is -1.04. The lowest BCUT2D eigenvalue weighted by molar-refractivity contribution is -0.134. The van der Waals surface area contributed by atoms with Crippen LogP contribution in [0.25, 0.3) is 0 Å². The highest BCUT2D eigenvalue weighted by Crippen LogP contribution is 2.36. The second-order valence-corrected chi connectivity index (χ2v) is 8.69. The van der Waals surface area contributed by atoms with Gasteiger partial charge < -0.3 is 9.80 Å². The molecule has 0 spiro atoms. The van der Waals surface area contributed by atoms with Crippen molar-refractivity contribution < 1.29 is 9.59 Å². The number of nitrogens with zero attached hydrogens (tertiary/aromatic N) is 2. The summed E-state index contributed by atoms with van der Waals surface area (Å²) in [4.78, 5) is 30.3. The monoisotopic (exact) mass is 394 g/mol. The molecule has 2 atom stereocenters. The Balaban J connectivity index is 0.00000196. The maximum absolute atomic E-state index is 13.3. The molecule has 1 aliphatic carbocycles. The van der Waals surface area contributed by atoms with E-state index < -0.39 is 0 Å². The van der Waals surface area contributed by atoms with E-state index in [0.717, 1.165) is 54.4 Å². The molecule has 0 aromatic heterocycles. The molecular formula is C20H27ClN2O2S. The molecule has 2 saturated heterocycles. The number of fused-ring (bicyclic) bond motifs is 1. The lowest BCUT2D eigenvalue weighted by Crippen LogP contribution is -2.52. The predicted molar refractivity (Wildman–Crippen MR) is 109 cm³/mol. The first-order chi connectivity index (χ1) is 12.1. The van der Waals surface area contributed by atoms with Gasteiger partial charge in [0.05, 0.1) is 12.0 Å². The number of ketones is 1. The SMILES string of the molecule is Cc1ccc2c(c1)C(=O)CC2C(=O)N1CCSCC1CN1CCCC1.Cl. The third kappa shape index (κ3) is 3.80. The van der Waals surface area contributed by atoms with Crippen molar-refractivity contribution in [3.05, 3.63) is 34.9 Å². The standard InChI is InChI=1S/C20H26N2O2S.ClH/c1-14-4-5-16-17(10-14)19(23)11-18(16)20(24)22-8-9-25-13-15(22)12-21-6-2-3-7-21;/h4-5,10,15,18H,2-3,6-9,11-13H2,1H3;1H. The third-order valence-electron chi connectivity index (χ3n) is 5.75. The van der Waals surface area contributed by atoms with Crippen LogP contribution in [0.15, 0.2) is 18.2 Å². The molecule has 2 fully saturated rings. The van der Waals surface area contributed by atoms with Gasteiger partial charge in [-0.3, -0.25) is 9.59 Å². The molecule has 1 aromatic carbocycles. The van der Waals surface area contributed by atoms with Gasteiger partial charge >= 0.3 is 0 Å². The molecular weight excluding hydrogens is 368 g/mol. The van der Waals surface area contributed by atoms with E-state index in [-0.39, 0.29) is 36.1 Å². The summed E-state index contributed by atoms with van der Waals surface area (Å²) in [5.74, 6) is 2.04. The third-order valence-corrected chi connectivity index (χ3v) is 6.84. The van der Waals surface area contributed by atoms with E-state index in [9.17, 15) is 9.59 Å². The van der Waals surface area contributed by atoms with Gasteiger partial charge in [-0.15, -0.1) is 12.4 Å². The molecule has 4 rings (SSSR count). The maximum Gasteiger partial charge on any atom is 0.230 e. The zero-order valence-electron chi connectivity index (χ0n) is 15.3. The Morgan fingerprint density at radius 2 is 2.00 bits per heavy atom. The summed E-state index contributed by atoms with van der Waals surface area (Å²) in [6.45, 7) is 6.12. The van der Waals surface area contributed by atoms with E-state index in [0.29, 0.717) is 6.42 Å². The number of amides is 1. The number of thioether (sulfide) groups is 1. The van der Waals surface area contributed by atoms with Gasteiger partial charge in [0.15, 0.2) is 5.78 Å². The summed E-state index contributed by atoms with van der Waals surface area (Å²) in [5.41, 5.74) is 2.79. The van der Waals surface area contributed by atoms with Crippen molar-refractivity contribution in [2.24, 2.45) is 0 Å². The summed E-state index contributed by atoms with van der Waals surface area (Å²) in [7, 11) is 0. The number of hydrogen-bond acceptors (Lipinski definition) is 4. The van der Waals surface area contributed by atoms with E-state index in [1.54, 1.807) is 0 Å². The number of likely N-dealkylation sites (tertiary alicyclic amines) is 1. The largest absolute Gasteiger partial charge is 0.336 e. The van der Waals surface area contributed by atoms with Gasteiger partial charge in [0, 0.05) is 36.6 Å². The van der Waals surface area contributed by atoms with Crippen LogP contribution >= 0.6 is 24.2 Å². The molecule has 2 aliphatic heterocycles. The second kappa shape index (κ2) is 8.32. The number of hydrogen-bond donors (Lipinski definition) is 0. The number of carbonyl (C=O) groups excluding carboxylic acids is 2. The molecule has 0 saturated carbocycles. The highest BCUT2D eigenvalue weighted by atomic mass is 35.5.